The van der Waals surface area contributed by atoms with Gasteiger partial charge in [0.05, 0.1) is 18.6 Å². The molecule has 1 aromatic carbocycles. The van der Waals surface area contributed by atoms with E-state index in [9.17, 15) is 4.79 Å². The molecule has 134 valence electrons. The van der Waals surface area contributed by atoms with E-state index in [0.29, 0.717) is 17.2 Å². The molecule has 5 unspecified atom stereocenters. The molecular weight excluding hydrogens is 338 g/mol. The number of hydrogen-bond donors (Lipinski definition) is 2. The van der Waals surface area contributed by atoms with E-state index in [1.807, 2.05) is 13.0 Å². The molecule has 1 amide bonds. The molecule has 1 saturated carbocycles. The number of amides is 1. The van der Waals surface area contributed by atoms with Gasteiger partial charge >= 0.3 is 0 Å². The van der Waals surface area contributed by atoms with Gasteiger partial charge in [0, 0.05) is 29.2 Å². The maximum absolute atomic E-state index is 12.5. The third-order valence-corrected chi connectivity index (χ3v) is 5.86. The molecular formula is C19H24ClN3O2. The average molecular weight is 362 g/mol. The van der Waals surface area contributed by atoms with Crippen LogP contribution in [0, 0.1) is 23.2 Å². The second kappa shape index (κ2) is 7.53. The first kappa shape index (κ1) is 17.9. The van der Waals surface area contributed by atoms with Gasteiger partial charge in [0.2, 0.25) is 5.91 Å². The minimum Gasteiger partial charge on any atom is -0.495 e. The van der Waals surface area contributed by atoms with E-state index in [1.54, 1.807) is 19.2 Å². The molecule has 5 nitrogen and oxygen atoms in total. The number of rotatable bonds is 4. The Morgan fingerprint density at radius 2 is 2.20 bits per heavy atom. The number of carbonyl (C=O) groups is 1. The Balaban J connectivity index is 1.69. The Morgan fingerprint density at radius 3 is 2.92 bits per heavy atom. The van der Waals surface area contributed by atoms with Crippen molar-refractivity contribution < 1.29 is 9.53 Å². The number of fused-ring (bicyclic) bond motifs is 1. The quantitative estimate of drug-likeness (QED) is 0.807. The van der Waals surface area contributed by atoms with Crippen LogP contribution in [0.3, 0.4) is 0 Å². The van der Waals surface area contributed by atoms with Gasteiger partial charge in [0.1, 0.15) is 11.8 Å². The average Bonchev–Trinajstić information content (AvgIpc) is 2.61. The maximum Gasteiger partial charge on any atom is 0.225 e. The number of methoxy groups -OCH3 is 1. The lowest BCUT2D eigenvalue weighted by Gasteiger charge is -2.42. The number of carbonyl (C=O) groups excluding carboxylic acids is 1. The van der Waals surface area contributed by atoms with E-state index in [2.05, 4.69) is 16.7 Å². The van der Waals surface area contributed by atoms with Gasteiger partial charge in [-0.3, -0.25) is 4.79 Å². The molecule has 2 aliphatic rings. The minimum atomic E-state index is -0.0927. The molecule has 1 aromatic rings. The summed E-state index contributed by atoms with van der Waals surface area (Å²) in [6.07, 6.45) is 3.79. The molecule has 1 aliphatic carbocycles. The lowest BCUT2D eigenvalue weighted by atomic mass is 9.74. The van der Waals surface area contributed by atoms with E-state index < -0.39 is 0 Å². The highest BCUT2D eigenvalue weighted by Crippen LogP contribution is 2.37. The summed E-state index contributed by atoms with van der Waals surface area (Å²) >= 11 is 6.32. The van der Waals surface area contributed by atoms with Crippen LogP contribution in [0.5, 0.6) is 5.75 Å². The van der Waals surface area contributed by atoms with Crippen LogP contribution < -0.4 is 15.4 Å². The van der Waals surface area contributed by atoms with Crippen molar-refractivity contribution in [3.63, 3.8) is 0 Å². The standard InChI is InChI=1S/C19H24ClN3O2/c1-11(22-15-5-3-12(10-21)18(9-15)25-2)16-8-13-7-14(20)4-6-17(13)23-19(16)24/h3,5,9,11,13-14,16-17,22H,4,6-8H2,1-2H3,(H,23,24). The van der Waals surface area contributed by atoms with Gasteiger partial charge in [-0.15, -0.1) is 11.6 Å². The number of ether oxygens (including phenoxy) is 1. The van der Waals surface area contributed by atoms with Crippen molar-refractivity contribution in [3.05, 3.63) is 23.8 Å². The Hall–Kier alpha value is -1.93. The van der Waals surface area contributed by atoms with Gasteiger partial charge in [0.25, 0.3) is 0 Å². The smallest absolute Gasteiger partial charge is 0.225 e. The molecule has 0 aromatic heterocycles. The van der Waals surface area contributed by atoms with Crippen LogP contribution in [0.1, 0.15) is 38.2 Å². The van der Waals surface area contributed by atoms with E-state index in [0.717, 1.165) is 31.4 Å². The second-order valence-electron chi connectivity index (χ2n) is 7.09. The number of anilines is 1. The Kier molecular flexibility index (Phi) is 5.39. The molecule has 6 heteroatoms. The predicted octanol–water partition coefficient (Wildman–Crippen LogP) is 3.28. The molecule has 3 rings (SSSR count). The number of nitrogens with one attached hydrogen (secondary N) is 2. The lowest BCUT2D eigenvalue weighted by Crippen LogP contribution is -2.55. The normalized spacial score (nSPS) is 29.8. The van der Waals surface area contributed by atoms with Crippen molar-refractivity contribution in [2.24, 2.45) is 11.8 Å². The SMILES string of the molecule is COc1cc(NC(C)C2CC3CC(Cl)CCC3NC2=O)ccc1C#N. The fourth-order valence-electron chi connectivity index (χ4n) is 4.05. The van der Waals surface area contributed by atoms with Crippen molar-refractivity contribution in [1.29, 1.82) is 5.26 Å². The maximum atomic E-state index is 12.5. The molecule has 0 radical (unpaired) electrons. The van der Waals surface area contributed by atoms with Crippen molar-refractivity contribution in [2.45, 2.75) is 50.1 Å². The summed E-state index contributed by atoms with van der Waals surface area (Å²) in [7, 11) is 1.55. The molecule has 1 heterocycles. The molecule has 0 spiro atoms. The van der Waals surface area contributed by atoms with Crippen molar-refractivity contribution in [3.8, 4) is 11.8 Å². The van der Waals surface area contributed by atoms with Gasteiger partial charge in [-0.05, 0) is 50.7 Å². The summed E-state index contributed by atoms with van der Waals surface area (Å²) in [5.74, 6) is 1.02. The summed E-state index contributed by atoms with van der Waals surface area (Å²) in [5, 5.41) is 15.9. The first-order valence-corrected chi connectivity index (χ1v) is 9.24. The van der Waals surface area contributed by atoms with Crippen LogP contribution in [0.15, 0.2) is 18.2 Å². The first-order valence-electron chi connectivity index (χ1n) is 8.81. The minimum absolute atomic E-state index is 0.0192. The van der Waals surface area contributed by atoms with Crippen molar-refractivity contribution in [1.82, 2.24) is 5.32 Å². The van der Waals surface area contributed by atoms with Crippen LogP contribution in [0.4, 0.5) is 5.69 Å². The number of nitriles is 1. The zero-order valence-electron chi connectivity index (χ0n) is 14.6. The Morgan fingerprint density at radius 1 is 1.40 bits per heavy atom. The molecule has 2 fully saturated rings. The number of hydrogen-bond acceptors (Lipinski definition) is 4. The molecule has 0 bridgehead atoms. The first-order chi connectivity index (χ1) is 12.0. The van der Waals surface area contributed by atoms with Crippen LogP contribution in [-0.2, 0) is 4.79 Å². The van der Waals surface area contributed by atoms with Gasteiger partial charge < -0.3 is 15.4 Å². The van der Waals surface area contributed by atoms with E-state index >= 15 is 0 Å². The molecule has 5 atom stereocenters. The van der Waals surface area contributed by atoms with Crippen LogP contribution in [0.2, 0.25) is 0 Å². The summed E-state index contributed by atoms with van der Waals surface area (Å²) in [5.41, 5.74) is 1.34. The molecule has 2 N–H and O–H groups in total. The van der Waals surface area contributed by atoms with E-state index in [-0.39, 0.29) is 29.3 Å². The summed E-state index contributed by atoms with van der Waals surface area (Å²) in [4.78, 5) is 12.5. The number of piperidine rings is 1. The van der Waals surface area contributed by atoms with Crippen LogP contribution in [0.25, 0.3) is 0 Å². The third-order valence-electron chi connectivity index (χ3n) is 5.46. The van der Waals surface area contributed by atoms with Gasteiger partial charge in [-0.25, -0.2) is 0 Å². The summed E-state index contributed by atoms with van der Waals surface area (Å²) in [6.45, 7) is 2.02. The Bertz CT molecular complexity index is 688. The fraction of sp³-hybridized carbons (Fsp3) is 0.579. The van der Waals surface area contributed by atoms with Gasteiger partial charge in [-0.1, -0.05) is 0 Å². The third kappa shape index (κ3) is 3.85. The fourth-order valence-corrected chi connectivity index (χ4v) is 4.40. The van der Waals surface area contributed by atoms with Crippen molar-refractivity contribution in [2.75, 3.05) is 12.4 Å². The zero-order valence-corrected chi connectivity index (χ0v) is 15.3. The molecule has 25 heavy (non-hydrogen) atoms. The number of alkyl halides is 1. The predicted molar refractivity (Wildman–Crippen MR) is 97.8 cm³/mol. The largest absolute Gasteiger partial charge is 0.495 e. The number of benzene rings is 1. The second-order valence-corrected chi connectivity index (χ2v) is 7.70. The van der Waals surface area contributed by atoms with Crippen LogP contribution in [-0.4, -0.2) is 30.5 Å². The Labute approximate surface area is 153 Å². The highest BCUT2D eigenvalue weighted by atomic mass is 35.5. The highest BCUT2D eigenvalue weighted by Gasteiger charge is 2.40. The van der Waals surface area contributed by atoms with Crippen LogP contribution >= 0.6 is 11.6 Å². The van der Waals surface area contributed by atoms with E-state index in [1.165, 1.54) is 0 Å². The summed E-state index contributed by atoms with van der Waals surface area (Å²) < 4.78 is 5.25. The zero-order chi connectivity index (χ0) is 18.0. The molecule has 1 saturated heterocycles. The van der Waals surface area contributed by atoms with E-state index in [4.69, 9.17) is 21.6 Å². The topological polar surface area (TPSA) is 74.2 Å². The van der Waals surface area contributed by atoms with Crippen molar-refractivity contribution >= 4 is 23.2 Å². The highest BCUT2D eigenvalue weighted by molar-refractivity contribution is 6.20. The number of halogens is 1. The molecule has 1 aliphatic heterocycles. The summed E-state index contributed by atoms with van der Waals surface area (Å²) in [6, 6.07) is 7.73. The monoisotopic (exact) mass is 361 g/mol. The lowest BCUT2D eigenvalue weighted by molar-refractivity contribution is -0.130. The number of nitrogens with zero attached hydrogens (tertiary/aromatic N) is 1. The van der Waals surface area contributed by atoms with Gasteiger partial charge in [0.15, 0.2) is 0 Å². The van der Waals surface area contributed by atoms with Gasteiger partial charge in [-0.2, -0.15) is 5.26 Å².